The van der Waals surface area contributed by atoms with Crippen molar-refractivity contribution in [1.82, 2.24) is 0 Å². The molecule has 0 aliphatic heterocycles. The smallest absolute Gasteiger partial charge is 0.337 e. The Morgan fingerprint density at radius 3 is 2.04 bits per heavy atom. The highest BCUT2D eigenvalue weighted by molar-refractivity contribution is 6.03. The normalized spacial score (nSPS) is 14.4. The van der Waals surface area contributed by atoms with Crippen molar-refractivity contribution in [2.24, 2.45) is 11.5 Å². The first-order valence-electron chi connectivity index (χ1n) is 8.57. The van der Waals surface area contributed by atoms with Gasteiger partial charge in [-0.3, -0.25) is 0 Å². The van der Waals surface area contributed by atoms with Gasteiger partial charge in [-0.15, -0.1) is 12.4 Å². The molecular formula is C20H23ClN2O4. The van der Waals surface area contributed by atoms with Crippen molar-refractivity contribution in [3.05, 3.63) is 59.7 Å². The van der Waals surface area contributed by atoms with Crippen LogP contribution < -0.4 is 11.5 Å². The minimum absolute atomic E-state index is 0. The highest BCUT2D eigenvalue weighted by Gasteiger charge is 2.44. The second-order valence-corrected chi connectivity index (χ2v) is 6.49. The van der Waals surface area contributed by atoms with E-state index in [1.54, 1.807) is 0 Å². The number of carboxylic acid groups (broad SMARTS) is 1. The Balaban J connectivity index is 0.00000261. The van der Waals surface area contributed by atoms with E-state index in [4.69, 9.17) is 16.2 Å². The summed E-state index contributed by atoms with van der Waals surface area (Å²) in [5.74, 6) is -2.47. The first kappa shape index (κ1) is 20.9. The van der Waals surface area contributed by atoms with E-state index < -0.39 is 17.5 Å². The molecule has 144 valence electrons. The molecule has 3 rings (SSSR count). The molecule has 1 aliphatic carbocycles. The summed E-state index contributed by atoms with van der Waals surface area (Å²) < 4.78 is 5.38. The number of carbonyl (C=O) groups is 2. The van der Waals surface area contributed by atoms with E-state index in [1.807, 2.05) is 48.5 Å². The number of aliphatic carboxylic acids is 1. The number of benzene rings is 2. The lowest BCUT2D eigenvalue weighted by Gasteiger charge is -2.23. The number of hydrogen-bond acceptors (Lipinski definition) is 5. The highest BCUT2D eigenvalue weighted by atomic mass is 35.5. The average Bonchev–Trinajstić information content (AvgIpc) is 2.98. The fraction of sp³-hybridized carbons (Fsp3) is 0.300. The summed E-state index contributed by atoms with van der Waals surface area (Å²) in [5, 5.41) is 9.37. The van der Waals surface area contributed by atoms with Crippen LogP contribution in [0, 0.1) is 0 Å². The van der Waals surface area contributed by atoms with Gasteiger partial charge in [0.1, 0.15) is 6.61 Å². The highest BCUT2D eigenvalue weighted by Crippen LogP contribution is 2.44. The maximum Gasteiger partial charge on any atom is 0.337 e. The molecule has 0 fully saturated rings. The molecular weight excluding hydrogens is 368 g/mol. The number of nitrogens with two attached hydrogens (primary N) is 2. The second-order valence-electron chi connectivity index (χ2n) is 6.49. The van der Waals surface area contributed by atoms with Gasteiger partial charge in [0.15, 0.2) is 0 Å². The fourth-order valence-electron chi connectivity index (χ4n) is 3.40. The summed E-state index contributed by atoms with van der Waals surface area (Å²) in [6.45, 7) is 0.296. The first-order valence-corrected chi connectivity index (χ1v) is 8.57. The summed E-state index contributed by atoms with van der Waals surface area (Å²) in [6, 6.07) is 15.8. The third-order valence-electron chi connectivity index (χ3n) is 4.86. The number of rotatable bonds is 7. The molecule has 0 saturated carbocycles. The van der Waals surface area contributed by atoms with Gasteiger partial charge in [0.05, 0.1) is 0 Å². The fourth-order valence-corrected chi connectivity index (χ4v) is 3.40. The zero-order valence-electron chi connectivity index (χ0n) is 14.8. The summed E-state index contributed by atoms with van der Waals surface area (Å²) in [7, 11) is 0. The van der Waals surface area contributed by atoms with Crippen LogP contribution in [0.2, 0.25) is 0 Å². The largest absolute Gasteiger partial charge is 0.479 e. The van der Waals surface area contributed by atoms with Crippen LogP contribution in [0.5, 0.6) is 0 Å². The molecule has 0 radical (unpaired) electrons. The molecule has 27 heavy (non-hydrogen) atoms. The Bertz CT molecular complexity index is 797. The number of esters is 1. The quantitative estimate of drug-likeness (QED) is 0.493. The maximum atomic E-state index is 12.4. The molecule has 2 aromatic rings. The van der Waals surface area contributed by atoms with Gasteiger partial charge in [-0.05, 0) is 41.6 Å². The number of fused-ring (bicyclic) bond motifs is 3. The third-order valence-corrected chi connectivity index (χ3v) is 4.86. The molecule has 2 aromatic carbocycles. The van der Waals surface area contributed by atoms with E-state index in [0.29, 0.717) is 6.42 Å². The van der Waals surface area contributed by atoms with E-state index in [-0.39, 0.29) is 37.9 Å². The van der Waals surface area contributed by atoms with E-state index in [1.165, 1.54) is 0 Å². The Hall–Kier alpha value is -2.41. The lowest BCUT2D eigenvalue weighted by molar-refractivity contribution is -0.161. The summed E-state index contributed by atoms with van der Waals surface area (Å²) in [6.07, 6.45) is 0.266. The molecule has 0 unspecified atom stereocenters. The molecule has 6 nitrogen and oxygen atoms in total. The summed E-state index contributed by atoms with van der Waals surface area (Å²) >= 11 is 0. The average molecular weight is 391 g/mol. The standard InChI is InChI=1S/C20H22N2O4.ClH/c21-11-5-10-20(22,18(23)24)19(25)26-12-17-15-8-3-1-6-13(15)14-7-2-4-9-16(14)17;/h1-4,6-9,17H,5,10-12,21-22H2,(H,23,24);1H/t20-;/m0./s1. The van der Waals surface area contributed by atoms with Crippen molar-refractivity contribution < 1.29 is 19.4 Å². The van der Waals surface area contributed by atoms with Crippen LogP contribution in [0.3, 0.4) is 0 Å². The van der Waals surface area contributed by atoms with Gasteiger partial charge in [-0.2, -0.15) is 0 Å². The molecule has 0 bridgehead atoms. The monoisotopic (exact) mass is 390 g/mol. The topological polar surface area (TPSA) is 116 Å². The van der Waals surface area contributed by atoms with Gasteiger partial charge in [0, 0.05) is 5.92 Å². The molecule has 0 aromatic heterocycles. The molecule has 7 heteroatoms. The zero-order chi connectivity index (χ0) is 18.7. The predicted molar refractivity (Wildman–Crippen MR) is 105 cm³/mol. The molecule has 0 heterocycles. The minimum atomic E-state index is -2.07. The minimum Gasteiger partial charge on any atom is -0.479 e. The molecule has 1 aliphatic rings. The Labute approximate surface area is 163 Å². The van der Waals surface area contributed by atoms with Crippen LogP contribution in [0.15, 0.2) is 48.5 Å². The van der Waals surface area contributed by atoms with Crippen LogP contribution >= 0.6 is 12.4 Å². The lowest BCUT2D eigenvalue weighted by atomic mass is 9.94. The van der Waals surface area contributed by atoms with Crippen molar-refractivity contribution in [3.63, 3.8) is 0 Å². The van der Waals surface area contributed by atoms with Crippen molar-refractivity contribution in [2.75, 3.05) is 13.2 Å². The van der Waals surface area contributed by atoms with Gasteiger partial charge < -0.3 is 21.3 Å². The van der Waals surface area contributed by atoms with E-state index in [0.717, 1.165) is 22.3 Å². The number of hydrogen-bond donors (Lipinski definition) is 3. The molecule has 0 amide bonds. The predicted octanol–water partition coefficient (Wildman–Crippen LogP) is 2.28. The van der Waals surface area contributed by atoms with Crippen LogP contribution in [0.4, 0.5) is 0 Å². The molecule has 0 spiro atoms. The van der Waals surface area contributed by atoms with E-state index >= 15 is 0 Å². The Kier molecular flexibility index (Phi) is 6.59. The Morgan fingerprint density at radius 2 is 1.56 bits per heavy atom. The van der Waals surface area contributed by atoms with Gasteiger partial charge >= 0.3 is 11.9 Å². The number of carboxylic acids is 1. The van der Waals surface area contributed by atoms with Gasteiger partial charge in [-0.1, -0.05) is 48.5 Å². The third kappa shape index (κ3) is 3.83. The lowest BCUT2D eigenvalue weighted by Crippen LogP contribution is -2.56. The van der Waals surface area contributed by atoms with Crippen molar-refractivity contribution in [3.8, 4) is 11.1 Å². The second kappa shape index (κ2) is 8.52. The molecule has 5 N–H and O–H groups in total. The van der Waals surface area contributed by atoms with Gasteiger partial charge in [0.2, 0.25) is 5.54 Å². The number of halogens is 1. The van der Waals surface area contributed by atoms with Crippen LogP contribution in [0.1, 0.15) is 29.9 Å². The number of carbonyl (C=O) groups excluding carboxylic acids is 1. The van der Waals surface area contributed by atoms with Crippen molar-refractivity contribution in [2.45, 2.75) is 24.3 Å². The van der Waals surface area contributed by atoms with Crippen molar-refractivity contribution >= 4 is 24.3 Å². The van der Waals surface area contributed by atoms with Crippen LogP contribution in [-0.2, 0) is 14.3 Å². The first-order chi connectivity index (χ1) is 12.5. The van der Waals surface area contributed by atoms with E-state index in [2.05, 4.69) is 0 Å². The number of ether oxygens (including phenoxy) is 1. The van der Waals surface area contributed by atoms with Gasteiger partial charge in [-0.25, -0.2) is 9.59 Å². The Morgan fingerprint density at radius 1 is 1.04 bits per heavy atom. The zero-order valence-corrected chi connectivity index (χ0v) is 15.6. The van der Waals surface area contributed by atoms with Gasteiger partial charge in [0.25, 0.3) is 0 Å². The van der Waals surface area contributed by atoms with E-state index in [9.17, 15) is 14.7 Å². The SMILES string of the molecule is Cl.NCCC[C@](N)(C(=O)O)C(=O)OCC1c2ccccc2-c2ccccc21. The summed E-state index contributed by atoms with van der Waals surface area (Å²) in [4.78, 5) is 23.9. The maximum absolute atomic E-state index is 12.4. The summed E-state index contributed by atoms with van der Waals surface area (Å²) in [5.41, 5.74) is 13.5. The van der Waals surface area contributed by atoms with Crippen LogP contribution in [-0.4, -0.2) is 35.7 Å². The van der Waals surface area contributed by atoms with Crippen LogP contribution in [0.25, 0.3) is 11.1 Å². The molecule has 1 atom stereocenters. The molecule has 0 saturated heterocycles. The van der Waals surface area contributed by atoms with Crippen molar-refractivity contribution in [1.29, 1.82) is 0 Å².